The third-order valence-corrected chi connectivity index (χ3v) is 3.19. The molecule has 0 radical (unpaired) electrons. The lowest BCUT2D eigenvalue weighted by Crippen LogP contribution is -2.17. The summed E-state index contributed by atoms with van der Waals surface area (Å²) in [5, 5.41) is 6.04. The van der Waals surface area contributed by atoms with E-state index < -0.39 is 0 Å². The van der Waals surface area contributed by atoms with Crippen LogP contribution in [0.3, 0.4) is 0 Å². The van der Waals surface area contributed by atoms with Crippen molar-refractivity contribution in [3.8, 4) is 0 Å². The van der Waals surface area contributed by atoms with Gasteiger partial charge >= 0.3 is 0 Å². The summed E-state index contributed by atoms with van der Waals surface area (Å²) >= 11 is 0. The van der Waals surface area contributed by atoms with Crippen LogP contribution in [-0.2, 0) is 0 Å². The summed E-state index contributed by atoms with van der Waals surface area (Å²) in [6.07, 6.45) is 1.39. The zero-order valence-corrected chi connectivity index (χ0v) is 12.8. The standard InChI is InChI=1S/C16H20N4O/c1-10(2)19-15-8-14(17-9-18-15)16(21)20-13-7-5-6-11(3)12(13)4/h5-10H,1-4H3,(H,20,21)(H,17,18,19). The van der Waals surface area contributed by atoms with Gasteiger partial charge < -0.3 is 10.6 Å². The molecule has 21 heavy (non-hydrogen) atoms. The van der Waals surface area contributed by atoms with E-state index in [0.717, 1.165) is 16.8 Å². The highest BCUT2D eigenvalue weighted by Gasteiger charge is 2.11. The van der Waals surface area contributed by atoms with Crippen LogP contribution in [0.5, 0.6) is 0 Å². The zero-order chi connectivity index (χ0) is 15.4. The molecule has 0 atom stereocenters. The molecule has 0 unspecified atom stereocenters. The van der Waals surface area contributed by atoms with Gasteiger partial charge in [0.2, 0.25) is 0 Å². The molecule has 1 amide bonds. The van der Waals surface area contributed by atoms with E-state index in [4.69, 9.17) is 0 Å². The Morgan fingerprint density at radius 2 is 1.95 bits per heavy atom. The number of amides is 1. The van der Waals surface area contributed by atoms with E-state index in [2.05, 4.69) is 20.6 Å². The van der Waals surface area contributed by atoms with E-state index >= 15 is 0 Å². The molecular weight excluding hydrogens is 264 g/mol. The summed E-state index contributed by atoms with van der Waals surface area (Å²) in [7, 11) is 0. The lowest BCUT2D eigenvalue weighted by molar-refractivity contribution is 0.102. The molecule has 110 valence electrons. The highest BCUT2D eigenvalue weighted by atomic mass is 16.1. The molecule has 1 aromatic heterocycles. The van der Waals surface area contributed by atoms with E-state index in [0.29, 0.717) is 11.5 Å². The van der Waals surface area contributed by atoms with Crippen LogP contribution in [-0.4, -0.2) is 21.9 Å². The normalized spacial score (nSPS) is 10.5. The van der Waals surface area contributed by atoms with E-state index in [-0.39, 0.29) is 11.9 Å². The topological polar surface area (TPSA) is 66.9 Å². The fourth-order valence-corrected chi connectivity index (χ4v) is 1.93. The van der Waals surface area contributed by atoms with Gasteiger partial charge in [0, 0.05) is 17.8 Å². The van der Waals surface area contributed by atoms with Gasteiger partial charge in [-0.05, 0) is 44.9 Å². The first kappa shape index (κ1) is 15.0. The quantitative estimate of drug-likeness (QED) is 0.905. The minimum absolute atomic E-state index is 0.238. The predicted molar refractivity (Wildman–Crippen MR) is 84.7 cm³/mol. The third-order valence-electron chi connectivity index (χ3n) is 3.19. The molecule has 1 heterocycles. The van der Waals surface area contributed by atoms with Crippen molar-refractivity contribution in [2.75, 3.05) is 10.6 Å². The molecule has 0 aliphatic rings. The van der Waals surface area contributed by atoms with Gasteiger partial charge in [-0.3, -0.25) is 4.79 Å². The molecule has 0 aliphatic heterocycles. The van der Waals surface area contributed by atoms with Crippen LogP contribution in [0.15, 0.2) is 30.6 Å². The number of aromatic nitrogens is 2. The smallest absolute Gasteiger partial charge is 0.274 e. The Kier molecular flexibility index (Phi) is 4.52. The summed E-state index contributed by atoms with van der Waals surface area (Å²) in [5.41, 5.74) is 3.34. The number of nitrogens with one attached hydrogen (secondary N) is 2. The Balaban J connectivity index is 2.18. The van der Waals surface area contributed by atoms with Gasteiger partial charge in [0.15, 0.2) is 0 Å². The van der Waals surface area contributed by atoms with Gasteiger partial charge in [0.05, 0.1) is 0 Å². The second-order valence-corrected chi connectivity index (χ2v) is 5.29. The van der Waals surface area contributed by atoms with Gasteiger partial charge in [0.25, 0.3) is 5.91 Å². The number of rotatable bonds is 4. The van der Waals surface area contributed by atoms with Crippen LogP contribution in [0.25, 0.3) is 0 Å². The number of benzene rings is 1. The van der Waals surface area contributed by atoms with Crippen LogP contribution in [0.4, 0.5) is 11.5 Å². The van der Waals surface area contributed by atoms with Gasteiger partial charge in [-0.25, -0.2) is 9.97 Å². The second-order valence-electron chi connectivity index (χ2n) is 5.29. The average Bonchev–Trinajstić information content (AvgIpc) is 2.43. The Labute approximate surface area is 124 Å². The van der Waals surface area contributed by atoms with Crippen LogP contribution in [0.2, 0.25) is 0 Å². The minimum Gasteiger partial charge on any atom is -0.368 e. The third kappa shape index (κ3) is 3.78. The average molecular weight is 284 g/mol. The number of anilines is 2. The Bertz CT molecular complexity index is 652. The predicted octanol–water partition coefficient (Wildman–Crippen LogP) is 3.17. The van der Waals surface area contributed by atoms with Crippen LogP contribution in [0.1, 0.15) is 35.5 Å². The summed E-state index contributed by atoms with van der Waals surface area (Å²) in [4.78, 5) is 20.4. The fraction of sp³-hybridized carbons (Fsp3) is 0.312. The van der Waals surface area contributed by atoms with Crippen LogP contribution < -0.4 is 10.6 Å². The molecule has 0 saturated carbocycles. The van der Waals surface area contributed by atoms with Crippen molar-refractivity contribution in [3.63, 3.8) is 0 Å². The molecule has 0 aliphatic carbocycles. The Hall–Kier alpha value is -2.43. The van der Waals surface area contributed by atoms with Gasteiger partial charge in [0.1, 0.15) is 17.8 Å². The van der Waals surface area contributed by atoms with Crippen molar-refractivity contribution in [1.29, 1.82) is 0 Å². The fourth-order valence-electron chi connectivity index (χ4n) is 1.93. The van der Waals surface area contributed by atoms with Crippen molar-refractivity contribution in [2.24, 2.45) is 0 Å². The molecule has 1 aromatic carbocycles. The highest BCUT2D eigenvalue weighted by Crippen LogP contribution is 2.18. The molecule has 5 nitrogen and oxygen atoms in total. The van der Waals surface area contributed by atoms with E-state index in [1.165, 1.54) is 6.33 Å². The summed E-state index contributed by atoms with van der Waals surface area (Å²) in [6, 6.07) is 7.72. The van der Waals surface area contributed by atoms with Crippen molar-refractivity contribution in [1.82, 2.24) is 9.97 Å². The van der Waals surface area contributed by atoms with Gasteiger partial charge in [-0.2, -0.15) is 0 Å². The lowest BCUT2D eigenvalue weighted by atomic mass is 10.1. The zero-order valence-electron chi connectivity index (χ0n) is 12.8. The molecule has 0 fully saturated rings. The molecule has 0 bridgehead atoms. The molecule has 5 heteroatoms. The first-order valence-electron chi connectivity index (χ1n) is 6.93. The number of carbonyl (C=O) groups excluding carboxylic acids is 1. The molecular formula is C16H20N4O. The van der Waals surface area contributed by atoms with E-state index in [9.17, 15) is 4.79 Å². The number of aryl methyl sites for hydroxylation is 1. The number of carbonyl (C=O) groups is 1. The van der Waals surface area contributed by atoms with Crippen molar-refractivity contribution in [3.05, 3.63) is 47.4 Å². The Morgan fingerprint density at radius 3 is 2.67 bits per heavy atom. The first-order valence-corrected chi connectivity index (χ1v) is 6.93. The number of hydrogen-bond donors (Lipinski definition) is 2. The molecule has 2 rings (SSSR count). The maximum atomic E-state index is 12.3. The van der Waals surface area contributed by atoms with Crippen molar-refractivity contribution < 1.29 is 4.79 Å². The van der Waals surface area contributed by atoms with Gasteiger partial charge in [-0.1, -0.05) is 12.1 Å². The minimum atomic E-state index is -0.238. The van der Waals surface area contributed by atoms with E-state index in [1.54, 1.807) is 6.07 Å². The maximum absolute atomic E-state index is 12.3. The van der Waals surface area contributed by atoms with Crippen LogP contribution >= 0.6 is 0 Å². The van der Waals surface area contributed by atoms with Crippen molar-refractivity contribution >= 4 is 17.4 Å². The molecule has 2 aromatic rings. The SMILES string of the molecule is Cc1cccc(NC(=O)c2cc(NC(C)C)ncn2)c1C. The summed E-state index contributed by atoms with van der Waals surface area (Å²) in [5.74, 6) is 0.407. The van der Waals surface area contributed by atoms with Gasteiger partial charge in [-0.15, -0.1) is 0 Å². The summed E-state index contributed by atoms with van der Waals surface area (Å²) < 4.78 is 0. The Morgan fingerprint density at radius 1 is 1.19 bits per heavy atom. The van der Waals surface area contributed by atoms with Crippen LogP contribution in [0, 0.1) is 13.8 Å². The molecule has 0 saturated heterocycles. The molecule has 2 N–H and O–H groups in total. The largest absolute Gasteiger partial charge is 0.368 e. The maximum Gasteiger partial charge on any atom is 0.274 e. The monoisotopic (exact) mass is 284 g/mol. The summed E-state index contributed by atoms with van der Waals surface area (Å²) in [6.45, 7) is 8.02. The number of hydrogen-bond acceptors (Lipinski definition) is 4. The van der Waals surface area contributed by atoms with Crippen molar-refractivity contribution in [2.45, 2.75) is 33.7 Å². The van der Waals surface area contributed by atoms with E-state index in [1.807, 2.05) is 45.9 Å². The second kappa shape index (κ2) is 6.35. The first-order chi connectivity index (χ1) is 9.97. The molecule has 0 spiro atoms. The highest BCUT2D eigenvalue weighted by molar-refractivity contribution is 6.03. The number of nitrogens with zero attached hydrogens (tertiary/aromatic N) is 2. The lowest BCUT2D eigenvalue weighted by Gasteiger charge is -2.11.